The third kappa shape index (κ3) is 2.80. The highest BCUT2D eigenvalue weighted by molar-refractivity contribution is 7.89. The van der Waals surface area contributed by atoms with Gasteiger partial charge in [0, 0.05) is 25.2 Å². The topological polar surface area (TPSA) is 49.4 Å². The Kier molecular flexibility index (Phi) is 3.34. The van der Waals surface area contributed by atoms with E-state index in [9.17, 15) is 8.42 Å². The first-order valence-corrected chi connectivity index (χ1v) is 6.32. The first-order valence-electron chi connectivity index (χ1n) is 4.71. The lowest BCUT2D eigenvalue weighted by Crippen LogP contribution is -2.58. The molecule has 0 spiro atoms. The zero-order valence-electron chi connectivity index (χ0n) is 8.78. The van der Waals surface area contributed by atoms with E-state index in [1.165, 1.54) is 10.4 Å². The minimum Gasteiger partial charge on any atom is -0.309 e. The maximum absolute atomic E-state index is 11.7. The molecular formula is C9H18N2O2S. The van der Waals surface area contributed by atoms with Crippen LogP contribution in [0.1, 0.15) is 13.8 Å². The summed E-state index contributed by atoms with van der Waals surface area (Å²) in [6.45, 7) is 9.26. The van der Waals surface area contributed by atoms with Crippen molar-refractivity contribution in [3.05, 3.63) is 12.7 Å². The average Bonchev–Trinajstić information content (AvgIpc) is 2.02. The predicted molar refractivity (Wildman–Crippen MR) is 57.6 cm³/mol. The highest BCUT2D eigenvalue weighted by atomic mass is 32.2. The lowest BCUT2D eigenvalue weighted by molar-refractivity contribution is 0.234. The Balaban J connectivity index is 2.74. The van der Waals surface area contributed by atoms with Crippen LogP contribution in [-0.2, 0) is 10.0 Å². The van der Waals surface area contributed by atoms with Crippen molar-refractivity contribution in [2.75, 3.05) is 25.4 Å². The van der Waals surface area contributed by atoms with Gasteiger partial charge in [-0.2, -0.15) is 4.31 Å². The van der Waals surface area contributed by atoms with Crippen LogP contribution in [-0.4, -0.2) is 43.6 Å². The molecule has 1 heterocycles. The van der Waals surface area contributed by atoms with Crippen LogP contribution in [0.25, 0.3) is 0 Å². The SMILES string of the molecule is C=CCS(=O)(=O)N1CCNC(C)(C)C1. The average molecular weight is 218 g/mol. The maximum atomic E-state index is 11.7. The van der Waals surface area contributed by atoms with Crippen LogP contribution < -0.4 is 5.32 Å². The number of hydrogen-bond donors (Lipinski definition) is 1. The van der Waals surface area contributed by atoms with Gasteiger partial charge in [0.1, 0.15) is 0 Å². The van der Waals surface area contributed by atoms with Crippen molar-refractivity contribution in [1.29, 1.82) is 0 Å². The molecule has 1 aliphatic heterocycles. The van der Waals surface area contributed by atoms with Gasteiger partial charge in [0.05, 0.1) is 5.75 Å². The zero-order valence-corrected chi connectivity index (χ0v) is 9.60. The third-order valence-electron chi connectivity index (χ3n) is 2.26. The minimum absolute atomic E-state index is 0.0308. The fraction of sp³-hybridized carbons (Fsp3) is 0.778. The second-order valence-corrected chi connectivity index (χ2v) is 6.23. The molecule has 0 aromatic carbocycles. The van der Waals surface area contributed by atoms with E-state index < -0.39 is 10.0 Å². The molecule has 0 radical (unpaired) electrons. The van der Waals surface area contributed by atoms with Crippen molar-refractivity contribution >= 4 is 10.0 Å². The standard InChI is InChI=1S/C9H18N2O2S/c1-4-7-14(12,13)11-6-5-10-9(2,3)8-11/h4,10H,1,5-8H2,2-3H3. The van der Waals surface area contributed by atoms with Crippen molar-refractivity contribution in [2.45, 2.75) is 19.4 Å². The molecule has 0 aromatic heterocycles. The molecule has 0 unspecified atom stereocenters. The normalized spacial score (nSPS) is 23.3. The molecule has 5 heteroatoms. The van der Waals surface area contributed by atoms with E-state index >= 15 is 0 Å². The van der Waals surface area contributed by atoms with E-state index in [-0.39, 0.29) is 11.3 Å². The molecule has 82 valence electrons. The highest BCUT2D eigenvalue weighted by Crippen LogP contribution is 2.14. The van der Waals surface area contributed by atoms with Crippen molar-refractivity contribution in [1.82, 2.24) is 9.62 Å². The van der Waals surface area contributed by atoms with E-state index in [1.807, 2.05) is 13.8 Å². The third-order valence-corrected chi connectivity index (χ3v) is 4.01. The van der Waals surface area contributed by atoms with Gasteiger partial charge in [0.2, 0.25) is 10.0 Å². The first kappa shape index (κ1) is 11.7. The summed E-state index contributed by atoms with van der Waals surface area (Å²) in [6.07, 6.45) is 1.43. The maximum Gasteiger partial charge on any atom is 0.217 e. The van der Waals surface area contributed by atoms with E-state index in [0.29, 0.717) is 19.6 Å². The lowest BCUT2D eigenvalue weighted by Gasteiger charge is -2.38. The molecular weight excluding hydrogens is 200 g/mol. The molecule has 0 aromatic rings. The van der Waals surface area contributed by atoms with E-state index in [2.05, 4.69) is 11.9 Å². The van der Waals surface area contributed by atoms with E-state index in [4.69, 9.17) is 0 Å². The fourth-order valence-corrected chi connectivity index (χ4v) is 2.98. The number of piperazine rings is 1. The molecule has 1 rings (SSSR count). The van der Waals surface area contributed by atoms with Crippen LogP contribution >= 0.6 is 0 Å². The van der Waals surface area contributed by atoms with Gasteiger partial charge in [-0.25, -0.2) is 8.42 Å². The predicted octanol–water partition coefficient (Wildman–Crippen LogP) is 0.186. The molecule has 1 fully saturated rings. The molecule has 1 N–H and O–H groups in total. The first-order chi connectivity index (χ1) is 6.37. The Morgan fingerprint density at radius 1 is 1.57 bits per heavy atom. The van der Waals surface area contributed by atoms with Crippen LogP contribution in [0, 0.1) is 0 Å². The summed E-state index contributed by atoms with van der Waals surface area (Å²) in [7, 11) is -3.13. The summed E-state index contributed by atoms with van der Waals surface area (Å²) in [5.41, 5.74) is -0.132. The molecule has 0 aliphatic carbocycles. The largest absolute Gasteiger partial charge is 0.309 e. The van der Waals surface area contributed by atoms with E-state index in [0.717, 1.165) is 0 Å². The molecule has 0 atom stereocenters. The van der Waals surface area contributed by atoms with Gasteiger partial charge in [0.25, 0.3) is 0 Å². The smallest absolute Gasteiger partial charge is 0.217 e. The molecule has 0 amide bonds. The van der Waals surface area contributed by atoms with Gasteiger partial charge < -0.3 is 5.32 Å². The van der Waals surface area contributed by atoms with Crippen molar-refractivity contribution < 1.29 is 8.42 Å². The van der Waals surface area contributed by atoms with Gasteiger partial charge in [-0.05, 0) is 13.8 Å². The summed E-state index contributed by atoms with van der Waals surface area (Å²) >= 11 is 0. The quantitative estimate of drug-likeness (QED) is 0.688. The Bertz CT molecular complexity index is 309. The van der Waals surface area contributed by atoms with Crippen molar-refractivity contribution in [2.24, 2.45) is 0 Å². The van der Waals surface area contributed by atoms with Crippen LogP contribution in [0.3, 0.4) is 0 Å². The zero-order chi connectivity index (χ0) is 10.8. The highest BCUT2D eigenvalue weighted by Gasteiger charge is 2.31. The van der Waals surface area contributed by atoms with Gasteiger partial charge in [0.15, 0.2) is 0 Å². The number of hydrogen-bond acceptors (Lipinski definition) is 3. The van der Waals surface area contributed by atoms with Gasteiger partial charge >= 0.3 is 0 Å². The Hall–Kier alpha value is -0.390. The molecule has 0 bridgehead atoms. The molecule has 1 aliphatic rings. The van der Waals surface area contributed by atoms with Gasteiger partial charge in [-0.1, -0.05) is 6.08 Å². The Labute approximate surface area is 86.0 Å². The number of sulfonamides is 1. The number of nitrogens with one attached hydrogen (secondary N) is 1. The van der Waals surface area contributed by atoms with Gasteiger partial charge in [-0.15, -0.1) is 6.58 Å². The van der Waals surface area contributed by atoms with Crippen LogP contribution in [0.5, 0.6) is 0 Å². The van der Waals surface area contributed by atoms with Crippen molar-refractivity contribution in [3.8, 4) is 0 Å². The van der Waals surface area contributed by atoms with Crippen LogP contribution in [0.2, 0.25) is 0 Å². The van der Waals surface area contributed by atoms with Crippen molar-refractivity contribution in [3.63, 3.8) is 0 Å². The Morgan fingerprint density at radius 3 is 2.71 bits per heavy atom. The summed E-state index contributed by atoms with van der Waals surface area (Å²) in [6, 6.07) is 0. The van der Waals surface area contributed by atoms with Crippen LogP contribution in [0.4, 0.5) is 0 Å². The van der Waals surface area contributed by atoms with Gasteiger partial charge in [-0.3, -0.25) is 0 Å². The molecule has 14 heavy (non-hydrogen) atoms. The second kappa shape index (κ2) is 4.00. The van der Waals surface area contributed by atoms with Crippen LogP contribution in [0.15, 0.2) is 12.7 Å². The van der Waals surface area contributed by atoms with E-state index in [1.54, 1.807) is 0 Å². The summed E-state index contributed by atoms with van der Waals surface area (Å²) in [5.74, 6) is 0.0308. The minimum atomic E-state index is -3.13. The molecule has 1 saturated heterocycles. The lowest BCUT2D eigenvalue weighted by atomic mass is 10.0. The fourth-order valence-electron chi connectivity index (χ4n) is 1.59. The summed E-state index contributed by atoms with van der Waals surface area (Å²) in [5, 5.41) is 3.27. The second-order valence-electron chi connectivity index (χ2n) is 4.21. The summed E-state index contributed by atoms with van der Waals surface area (Å²) in [4.78, 5) is 0. The summed E-state index contributed by atoms with van der Waals surface area (Å²) < 4.78 is 24.9. The monoisotopic (exact) mass is 218 g/mol. The molecule has 0 saturated carbocycles. The number of nitrogens with zero attached hydrogens (tertiary/aromatic N) is 1. The Morgan fingerprint density at radius 2 is 2.21 bits per heavy atom. The molecule has 4 nitrogen and oxygen atoms in total. The number of rotatable bonds is 3.